The molecule has 5 nitrogen and oxygen atoms in total. The number of nitrogens with zero attached hydrogens (tertiary/aromatic N) is 1. The van der Waals surface area contributed by atoms with Crippen molar-refractivity contribution in [2.24, 2.45) is 0 Å². The fourth-order valence-corrected chi connectivity index (χ4v) is 1.53. The third-order valence-electron chi connectivity index (χ3n) is 2.54. The van der Waals surface area contributed by atoms with E-state index in [0.717, 1.165) is 6.07 Å². The molecule has 6 heteroatoms. The van der Waals surface area contributed by atoms with Crippen LogP contribution in [-0.4, -0.2) is 11.1 Å². The van der Waals surface area contributed by atoms with Crippen LogP contribution in [0.15, 0.2) is 36.4 Å². The van der Waals surface area contributed by atoms with Gasteiger partial charge in [-0.15, -0.1) is 0 Å². The summed E-state index contributed by atoms with van der Waals surface area (Å²) in [5, 5.41) is 17.5. The van der Waals surface area contributed by atoms with Crippen molar-refractivity contribution in [1.82, 2.24) is 0 Å². The molecule has 20 heavy (non-hydrogen) atoms. The second kappa shape index (κ2) is 5.28. The molecule has 2 rings (SSSR count). The smallest absolute Gasteiger partial charge is 0.335 e. The highest BCUT2D eigenvalue weighted by atomic mass is 19.1. The van der Waals surface area contributed by atoms with Crippen LogP contribution in [0.25, 0.3) is 0 Å². The van der Waals surface area contributed by atoms with E-state index in [-0.39, 0.29) is 28.3 Å². The number of nitriles is 1. The first-order chi connectivity index (χ1) is 9.51. The van der Waals surface area contributed by atoms with E-state index in [0.29, 0.717) is 0 Å². The first-order valence-electron chi connectivity index (χ1n) is 5.51. The van der Waals surface area contributed by atoms with Gasteiger partial charge in [0.15, 0.2) is 17.3 Å². The number of anilines is 1. The molecule has 0 atom stereocenters. The number of hydrogen-bond donors (Lipinski definition) is 2. The van der Waals surface area contributed by atoms with E-state index in [2.05, 4.69) is 0 Å². The van der Waals surface area contributed by atoms with Gasteiger partial charge in [-0.25, -0.2) is 9.18 Å². The van der Waals surface area contributed by atoms with Crippen LogP contribution >= 0.6 is 0 Å². The summed E-state index contributed by atoms with van der Waals surface area (Å²) in [6, 6.07) is 9.36. The minimum absolute atomic E-state index is 0.0248. The molecular weight excluding hydrogens is 263 g/mol. The predicted molar refractivity (Wildman–Crippen MR) is 69.0 cm³/mol. The molecule has 2 aromatic carbocycles. The summed E-state index contributed by atoms with van der Waals surface area (Å²) >= 11 is 0. The SMILES string of the molecule is N#Cc1ccc(Oc2cc(C(=O)O)ccc2N)c(F)c1. The number of benzene rings is 2. The highest BCUT2D eigenvalue weighted by Gasteiger charge is 2.11. The molecule has 0 aromatic heterocycles. The molecule has 0 aliphatic heterocycles. The Morgan fingerprint density at radius 2 is 2.00 bits per heavy atom. The minimum Gasteiger partial charge on any atom is -0.478 e. The van der Waals surface area contributed by atoms with Gasteiger partial charge in [-0.05, 0) is 36.4 Å². The molecule has 0 fully saturated rings. The molecule has 0 amide bonds. The second-order valence-electron chi connectivity index (χ2n) is 3.92. The van der Waals surface area contributed by atoms with Gasteiger partial charge in [-0.3, -0.25) is 0 Å². The fraction of sp³-hybridized carbons (Fsp3) is 0. The van der Waals surface area contributed by atoms with Crippen LogP contribution < -0.4 is 10.5 Å². The summed E-state index contributed by atoms with van der Waals surface area (Å²) < 4.78 is 18.9. The highest BCUT2D eigenvalue weighted by molar-refractivity contribution is 5.89. The number of nitrogens with two attached hydrogens (primary N) is 1. The Morgan fingerprint density at radius 1 is 1.25 bits per heavy atom. The summed E-state index contributed by atoms with van der Waals surface area (Å²) in [7, 11) is 0. The van der Waals surface area contributed by atoms with Gasteiger partial charge < -0.3 is 15.6 Å². The van der Waals surface area contributed by atoms with E-state index < -0.39 is 11.8 Å². The second-order valence-corrected chi connectivity index (χ2v) is 3.92. The predicted octanol–water partition coefficient (Wildman–Crippen LogP) is 2.77. The van der Waals surface area contributed by atoms with Crippen LogP contribution in [0.3, 0.4) is 0 Å². The molecule has 0 radical (unpaired) electrons. The van der Waals surface area contributed by atoms with Crippen molar-refractivity contribution in [3.05, 3.63) is 53.3 Å². The first-order valence-corrected chi connectivity index (χ1v) is 5.51. The Bertz CT molecular complexity index is 723. The number of aromatic carboxylic acids is 1. The molecule has 0 saturated carbocycles. The Labute approximate surface area is 113 Å². The standard InChI is InChI=1S/C14H9FN2O3/c15-10-5-8(7-16)1-4-12(10)20-13-6-9(14(18)19)2-3-11(13)17/h1-6H,17H2,(H,18,19). The van der Waals surface area contributed by atoms with Gasteiger partial charge in [0.25, 0.3) is 0 Å². The molecular formula is C14H9FN2O3. The average Bonchev–Trinajstić information content (AvgIpc) is 2.42. The van der Waals surface area contributed by atoms with Gasteiger partial charge in [0.05, 0.1) is 22.9 Å². The normalized spacial score (nSPS) is 9.80. The molecule has 0 unspecified atom stereocenters. The van der Waals surface area contributed by atoms with Gasteiger partial charge in [-0.1, -0.05) is 0 Å². The molecule has 0 heterocycles. The third-order valence-corrected chi connectivity index (χ3v) is 2.54. The van der Waals surface area contributed by atoms with Gasteiger partial charge in [0.2, 0.25) is 0 Å². The topological polar surface area (TPSA) is 96.3 Å². The Morgan fingerprint density at radius 3 is 2.60 bits per heavy atom. The summed E-state index contributed by atoms with van der Waals surface area (Å²) in [4.78, 5) is 10.9. The zero-order valence-corrected chi connectivity index (χ0v) is 10.1. The zero-order chi connectivity index (χ0) is 14.7. The maximum atomic E-state index is 13.7. The van der Waals surface area contributed by atoms with Crippen molar-refractivity contribution in [3.8, 4) is 17.6 Å². The van der Waals surface area contributed by atoms with Crippen LogP contribution in [0.5, 0.6) is 11.5 Å². The lowest BCUT2D eigenvalue weighted by Gasteiger charge is -2.10. The zero-order valence-electron chi connectivity index (χ0n) is 10.1. The van der Waals surface area contributed by atoms with Crippen molar-refractivity contribution >= 4 is 11.7 Å². The quantitative estimate of drug-likeness (QED) is 0.837. The van der Waals surface area contributed by atoms with Gasteiger partial charge >= 0.3 is 5.97 Å². The van der Waals surface area contributed by atoms with E-state index in [1.165, 1.54) is 30.3 Å². The van der Waals surface area contributed by atoms with Crippen LogP contribution in [0, 0.1) is 17.1 Å². The Balaban J connectivity index is 2.37. The summed E-state index contributed by atoms with van der Waals surface area (Å²) in [6.07, 6.45) is 0. The maximum Gasteiger partial charge on any atom is 0.335 e. The van der Waals surface area contributed by atoms with Crippen LogP contribution in [0.2, 0.25) is 0 Å². The number of carboxylic acids is 1. The fourth-order valence-electron chi connectivity index (χ4n) is 1.53. The molecule has 0 aliphatic rings. The van der Waals surface area contributed by atoms with Crippen LogP contribution in [0.1, 0.15) is 15.9 Å². The minimum atomic E-state index is -1.14. The molecule has 0 saturated heterocycles. The number of halogens is 1. The first kappa shape index (κ1) is 13.4. The lowest BCUT2D eigenvalue weighted by atomic mass is 10.2. The van der Waals surface area contributed by atoms with Crippen LogP contribution in [-0.2, 0) is 0 Å². The van der Waals surface area contributed by atoms with Crippen molar-refractivity contribution < 1.29 is 19.0 Å². The number of nitrogen functional groups attached to an aromatic ring is 1. The highest BCUT2D eigenvalue weighted by Crippen LogP contribution is 2.30. The lowest BCUT2D eigenvalue weighted by molar-refractivity contribution is 0.0696. The van der Waals surface area contributed by atoms with Gasteiger partial charge in [0.1, 0.15) is 0 Å². The number of carboxylic acid groups (broad SMARTS) is 1. The third kappa shape index (κ3) is 2.67. The van der Waals surface area contributed by atoms with E-state index >= 15 is 0 Å². The molecule has 100 valence electrons. The molecule has 0 spiro atoms. The monoisotopic (exact) mass is 272 g/mol. The Hall–Kier alpha value is -3.07. The summed E-state index contributed by atoms with van der Waals surface area (Å²) in [6.45, 7) is 0. The van der Waals surface area contributed by atoms with E-state index in [4.69, 9.17) is 20.8 Å². The lowest BCUT2D eigenvalue weighted by Crippen LogP contribution is -2.00. The average molecular weight is 272 g/mol. The maximum absolute atomic E-state index is 13.7. The van der Waals surface area contributed by atoms with Crippen molar-refractivity contribution in [3.63, 3.8) is 0 Å². The van der Waals surface area contributed by atoms with Crippen molar-refractivity contribution in [2.45, 2.75) is 0 Å². The van der Waals surface area contributed by atoms with Gasteiger partial charge in [0, 0.05) is 0 Å². The number of hydrogen-bond acceptors (Lipinski definition) is 4. The van der Waals surface area contributed by atoms with E-state index in [1.54, 1.807) is 6.07 Å². The van der Waals surface area contributed by atoms with E-state index in [1.807, 2.05) is 0 Å². The Kier molecular flexibility index (Phi) is 3.53. The molecule has 3 N–H and O–H groups in total. The molecule has 0 aliphatic carbocycles. The summed E-state index contributed by atoms with van der Waals surface area (Å²) in [5.74, 6) is -1.98. The number of carbonyl (C=O) groups is 1. The van der Waals surface area contributed by atoms with Gasteiger partial charge in [-0.2, -0.15) is 5.26 Å². The number of ether oxygens (including phenoxy) is 1. The summed E-state index contributed by atoms with van der Waals surface area (Å²) in [5.41, 5.74) is 5.96. The van der Waals surface area contributed by atoms with Crippen LogP contribution in [0.4, 0.5) is 10.1 Å². The number of rotatable bonds is 3. The van der Waals surface area contributed by atoms with E-state index in [9.17, 15) is 9.18 Å². The van der Waals surface area contributed by atoms with Crippen molar-refractivity contribution in [2.75, 3.05) is 5.73 Å². The largest absolute Gasteiger partial charge is 0.478 e. The molecule has 2 aromatic rings. The molecule has 0 bridgehead atoms. The van der Waals surface area contributed by atoms with Crippen molar-refractivity contribution in [1.29, 1.82) is 5.26 Å².